The van der Waals surface area contributed by atoms with Gasteiger partial charge in [-0.3, -0.25) is 13.9 Å². The minimum Gasteiger partial charge on any atom is -0.481 e. The molecule has 1 aliphatic rings. The number of carboxylic acids is 1. The van der Waals surface area contributed by atoms with Gasteiger partial charge < -0.3 is 10.0 Å². The SMILES string of the molecule is CC/C(=C/C=C/C=C/C1=[N+](CCCCCC(=O)O)c2ccc(S(=O)(=O)O)cc2C1(C)C)N(C)c1ccc(S(=O)(=O)O)cc1CC. The highest BCUT2D eigenvalue weighted by molar-refractivity contribution is 7.86. The number of fused-ring (bicyclic) bond motifs is 1. The fourth-order valence-electron chi connectivity index (χ4n) is 5.61. The van der Waals surface area contributed by atoms with Crippen LogP contribution in [0.3, 0.4) is 0 Å². The third-order valence-corrected chi connectivity index (χ3v) is 9.78. The lowest BCUT2D eigenvalue weighted by Crippen LogP contribution is -2.28. The van der Waals surface area contributed by atoms with E-state index in [0.29, 0.717) is 25.8 Å². The van der Waals surface area contributed by atoms with E-state index in [1.54, 1.807) is 12.1 Å². The summed E-state index contributed by atoms with van der Waals surface area (Å²) in [5.74, 6) is -0.824. The molecule has 1 heterocycles. The number of anilines is 1. The van der Waals surface area contributed by atoms with Crippen LogP contribution in [-0.2, 0) is 36.9 Å². The molecule has 0 aliphatic carbocycles. The van der Waals surface area contributed by atoms with Gasteiger partial charge in [0, 0.05) is 49.0 Å². The Labute approximate surface area is 266 Å². The van der Waals surface area contributed by atoms with E-state index >= 15 is 0 Å². The Bertz CT molecular complexity index is 1770. The van der Waals surface area contributed by atoms with Crippen molar-refractivity contribution in [1.29, 1.82) is 0 Å². The lowest BCUT2D eigenvalue weighted by Gasteiger charge is -2.25. The van der Waals surface area contributed by atoms with Gasteiger partial charge in [0.25, 0.3) is 20.2 Å². The largest absolute Gasteiger partial charge is 0.481 e. The number of nitrogens with zero attached hydrogens (tertiary/aromatic N) is 2. The molecule has 0 unspecified atom stereocenters. The Hall–Kier alpha value is -3.58. The van der Waals surface area contributed by atoms with Crippen LogP contribution < -0.4 is 4.90 Å². The number of benzene rings is 2. The predicted octanol–water partition coefficient (Wildman–Crippen LogP) is 6.31. The van der Waals surface area contributed by atoms with Crippen LogP contribution in [-0.4, -0.2) is 60.9 Å². The van der Waals surface area contributed by atoms with Crippen LogP contribution in [0.4, 0.5) is 11.4 Å². The van der Waals surface area contributed by atoms with Crippen molar-refractivity contribution in [3.05, 3.63) is 83.6 Å². The maximum absolute atomic E-state index is 11.9. The summed E-state index contributed by atoms with van der Waals surface area (Å²) in [7, 11) is -6.77. The highest BCUT2D eigenvalue weighted by atomic mass is 32.2. The number of aliphatic carboxylic acids is 1. The molecule has 244 valence electrons. The van der Waals surface area contributed by atoms with Crippen molar-refractivity contribution in [2.45, 2.75) is 81.4 Å². The number of carboxylic acid groups (broad SMARTS) is 1. The second kappa shape index (κ2) is 14.7. The van der Waals surface area contributed by atoms with E-state index in [9.17, 15) is 30.7 Å². The summed E-state index contributed by atoms with van der Waals surface area (Å²) < 4.78 is 68.2. The number of hydrogen-bond acceptors (Lipinski definition) is 6. The zero-order valence-corrected chi connectivity index (χ0v) is 28.0. The number of carbonyl (C=O) groups is 1. The molecular weight excluding hydrogens is 617 g/mol. The minimum absolute atomic E-state index is 0.110. The molecule has 0 bridgehead atoms. The van der Waals surface area contributed by atoms with Gasteiger partial charge in [0.15, 0.2) is 5.71 Å². The summed E-state index contributed by atoms with van der Waals surface area (Å²) in [4.78, 5) is 12.6. The van der Waals surface area contributed by atoms with Gasteiger partial charge >= 0.3 is 5.97 Å². The smallest absolute Gasteiger partial charge is 0.303 e. The standard InChI is InChI=1S/C33H42N2O8S2/c1-6-24-22-26(44(38,39)40)17-19-29(24)34(5)25(7-2)14-10-8-11-15-31-33(3,4)28-23-27(45(41,42)43)18-20-30(28)35(31)21-13-9-12-16-32(36)37/h8,10-11,14-15,17-20,22-23H,6-7,9,12-13,16,21H2,1-5H3,(H2-,36,37,38,39,40,41,42,43)/p+1. The van der Waals surface area contributed by atoms with Gasteiger partial charge in [-0.1, -0.05) is 32.1 Å². The van der Waals surface area contributed by atoms with E-state index < -0.39 is 31.6 Å². The molecule has 0 amide bonds. The fraction of sp³-hybridized carbons (Fsp3) is 0.394. The zero-order valence-electron chi connectivity index (χ0n) is 26.4. The monoisotopic (exact) mass is 659 g/mol. The molecule has 0 saturated carbocycles. The summed E-state index contributed by atoms with van der Waals surface area (Å²) in [5, 5.41) is 8.96. The molecule has 0 fully saturated rings. The predicted molar refractivity (Wildman–Crippen MR) is 176 cm³/mol. The second-order valence-electron chi connectivity index (χ2n) is 11.5. The van der Waals surface area contributed by atoms with Crippen LogP contribution in [0, 0.1) is 0 Å². The third-order valence-electron chi connectivity index (χ3n) is 8.08. The zero-order chi connectivity index (χ0) is 33.6. The first-order valence-corrected chi connectivity index (χ1v) is 17.8. The molecule has 0 saturated heterocycles. The number of hydrogen-bond donors (Lipinski definition) is 3. The van der Waals surface area contributed by atoms with Crippen LogP contribution in [0.2, 0.25) is 0 Å². The maximum atomic E-state index is 11.9. The lowest BCUT2D eigenvalue weighted by molar-refractivity contribution is -0.438. The molecule has 0 aromatic heterocycles. The van der Waals surface area contributed by atoms with Crippen molar-refractivity contribution in [3.63, 3.8) is 0 Å². The number of aryl methyl sites for hydroxylation is 1. The molecular formula is C33H43N2O8S2+. The Kier molecular flexibility index (Phi) is 11.7. The summed E-state index contributed by atoms with van der Waals surface area (Å²) in [6.45, 7) is 8.55. The van der Waals surface area contributed by atoms with Gasteiger partial charge in [0.1, 0.15) is 6.54 Å². The second-order valence-corrected chi connectivity index (χ2v) is 14.3. The summed E-state index contributed by atoms with van der Waals surface area (Å²) in [6.07, 6.45) is 13.1. The van der Waals surface area contributed by atoms with Gasteiger partial charge in [-0.05, 0) is 81.5 Å². The highest BCUT2D eigenvalue weighted by Crippen LogP contribution is 2.41. The normalized spacial score (nSPS) is 15.3. The topological polar surface area (TPSA) is 152 Å². The molecule has 1 aliphatic heterocycles. The Morgan fingerprint density at radius 1 is 0.911 bits per heavy atom. The molecule has 2 aromatic rings. The quantitative estimate of drug-likeness (QED) is 0.0865. The van der Waals surface area contributed by atoms with Crippen LogP contribution in [0.5, 0.6) is 0 Å². The Balaban J connectivity index is 1.90. The van der Waals surface area contributed by atoms with Crippen LogP contribution in [0.1, 0.15) is 70.9 Å². The average Bonchev–Trinajstić information content (AvgIpc) is 3.17. The summed E-state index contributed by atoms with van der Waals surface area (Å²) in [5.41, 5.74) is 4.59. The molecule has 10 nitrogen and oxygen atoms in total. The summed E-state index contributed by atoms with van der Waals surface area (Å²) >= 11 is 0. The van der Waals surface area contributed by atoms with E-state index in [2.05, 4.69) is 4.58 Å². The van der Waals surface area contributed by atoms with Gasteiger partial charge in [0.2, 0.25) is 5.69 Å². The van der Waals surface area contributed by atoms with E-state index in [0.717, 1.165) is 46.8 Å². The first-order valence-electron chi connectivity index (χ1n) is 14.9. The molecule has 45 heavy (non-hydrogen) atoms. The van der Waals surface area contributed by atoms with Crippen molar-refractivity contribution in [3.8, 4) is 0 Å². The first kappa shape index (κ1) is 35.9. The Morgan fingerprint density at radius 3 is 2.16 bits per heavy atom. The van der Waals surface area contributed by atoms with Crippen molar-refractivity contribution < 1.29 is 40.4 Å². The Morgan fingerprint density at radius 2 is 1.56 bits per heavy atom. The fourth-order valence-corrected chi connectivity index (χ4v) is 6.65. The van der Waals surface area contributed by atoms with Gasteiger partial charge in [-0.15, -0.1) is 0 Å². The van der Waals surface area contributed by atoms with Crippen molar-refractivity contribution in [2.24, 2.45) is 0 Å². The van der Waals surface area contributed by atoms with Gasteiger partial charge in [-0.25, -0.2) is 0 Å². The van der Waals surface area contributed by atoms with E-state index in [4.69, 9.17) is 5.11 Å². The molecule has 0 atom stereocenters. The van der Waals surface area contributed by atoms with E-state index in [1.807, 2.05) is 70.0 Å². The molecule has 12 heteroatoms. The van der Waals surface area contributed by atoms with E-state index in [-0.39, 0.29) is 16.2 Å². The molecule has 0 radical (unpaired) electrons. The van der Waals surface area contributed by atoms with Gasteiger partial charge in [-0.2, -0.15) is 21.4 Å². The van der Waals surface area contributed by atoms with Crippen LogP contribution >= 0.6 is 0 Å². The van der Waals surface area contributed by atoms with Crippen molar-refractivity contribution >= 4 is 43.3 Å². The van der Waals surface area contributed by atoms with Crippen LogP contribution in [0.15, 0.2) is 82.3 Å². The van der Waals surface area contributed by atoms with Crippen LogP contribution in [0.25, 0.3) is 0 Å². The van der Waals surface area contributed by atoms with Crippen molar-refractivity contribution in [1.82, 2.24) is 0 Å². The summed E-state index contributed by atoms with van der Waals surface area (Å²) in [6, 6.07) is 9.17. The van der Waals surface area contributed by atoms with Crippen molar-refractivity contribution in [2.75, 3.05) is 18.5 Å². The molecule has 3 rings (SSSR count). The first-order chi connectivity index (χ1) is 21.0. The highest BCUT2D eigenvalue weighted by Gasteiger charge is 2.44. The van der Waals surface area contributed by atoms with Gasteiger partial charge in [0.05, 0.1) is 15.2 Å². The molecule has 2 aromatic carbocycles. The molecule has 0 spiro atoms. The number of unbranched alkanes of at least 4 members (excludes halogenated alkanes) is 2. The lowest BCUT2D eigenvalue weighted by atomic mass is 9.81. The average molecular weight is 660 g/mol. The number of rotatable bonds is 15. The minimum atomic E-state index is -4.38. The van der Waals surface area contributed by atoms with E-state index in [1.165, 1.54) is 24.3 Å². The number of allylic oxidation sites excluding steroid dienone is 6. The third kappa shape index (κ3) is 8.78. The maximum Gasteiger partial charge on any atom is 0.303 e. The molecule has 3 N–H and O–H groups in total.